The summed E-state index contributed by atoms with van der Waals surface area (Å²) in [6, 6.07) is 13.0. The summed E-state index contributed by atoms with van der Waals surface area (Å²) < 4.78 is 15.7. The molecule has 0 atom stereocenters. The molecule has 0 radical (unpaired) electrons. The van der Waals surface area contributed by atoms with E-state index in [0.717, 1.165) is 16.9 Å². The lowest BCUT2D eigenvalue weighted by molar-refractivity contribution is -0.111. The van der Waals surface area contributed by atoms with Gasteiger partial charge in [-0.15, -0.1) is 10.2 Å². The van der Waals surface area contributed by atoms with E-state index >= 15 is 0 Å². The van der Waals surface area contributed by atoms with Crippen LogP contribution in [0.2, 0.25) is 0 Å². The normalized spacial score (nSPS) is 12.3. The highest BCUT2D eigenvalue weighted by molar-refractivity contribution is 7.18. The molecule has 27 heavy (non-hydrogen) atoms. The van der Waals surface area contributed by atoms with E-state index in [0.29, 0.717) is 21.6 Å². The fourth-order valence-electron chi connectivity index (χ4n) is 2.46. The third-order valence-electron chi connectivity index (χ3n) is 3.82. The second-order valence-corrected chi connectivity index (χ2v) is 6.55. The first kappa shape index (κ1) is 17.0. The summed E-state index contributed by atoms with van der Waals surface area (Å²) in [5, 5.41) is 12.0. The Bertz CT molecular complexity index is 998. The van der Waals surface area contributed by atoms with Crippen molar-refractivity contribution in [3.63, 3.8) is 0 Å². The van der Waals surface area contributed by atoms with Gasteiger partial charge in [0.15, 0.2) is 11.5 Å². The number of hydrogen-bond donors (Lipinski definition) is 1. The number of nitrogens with zero attached hydrogens (tertiary/aromatic N) is 2. The van der Waals surface area contributed by atoms with Crippen molar-refractivity contribution >= 4 is 28.5 Å². The number of rotatable bonds is 5. The van der Waals surface area contributed by atoms with Crippen LogP contribution in [0.3, 0.4) is 0 Å². The second kappa shape index (κ2) is 7.46. The van der Waals surface area contributed by atoms with Gasteiger partial charge in [-0.2, -0.15) is 0 Å². The van der Waals surface area contributed by atoms with E-state index in [1.165, 1.54) is 17.4 Å². The summed E-state index contributed by atoms with van der Waals surface area (Å²) in [5.41, 5.74) is 1.75. The monoisotopic (exact) mass is 381 g/mol. The van der Waals surface area contributed by atoms with E-state index in [-0.39, 0.29) is 12.7 Å². The maximum Gasteiger partial charge on any atom is 0.250 e. The molecule has 136 valence electrons. The zero-order chi connectivity index (χ0) is 18.6. The van der Waals surface area contributed by atoms with Crippen LogP contribution in [0.15, 0.2) is 48.5 Å². The number of benzene rings is 2. The van der Waals surface area contributed by atoms with Crippen molar-refractivity contribution in [1.29, 1.82) is 0 Å². The number of aromatic nitrogens is 2. The number of hydrogen-bond acceptors (Lipinski definition) is 7. The van der Waals surface area contributed by atoms with Gasteiger partial charge in [0.1, 0.15) is 10.8 Å². The van der Waals surface area contributed by atoms with E-state index in [1.807, 2.05) is 42.5 Å². The fourth-order valence-corrected chi connectivity index (χ4v) is 3.21. The zero-order valence-corrected chi connectivity index (χ0v) is 15.2. The summed E-state index contributed by atoms with van der Waals surface area (Å²) >= 11 is 1.30. The van der Waals surface area contributed by atoms with Crippen LogP contribution in [-0.4, -0.2) is 30.0 Å². The summed E-state index contributed by atoms with van der Waals surface area (Å²) in [7, 11) is 1.62. The van der Waals surface area contributed by atoms with Gasteiger partial charge in [0.2, 0.25) is 17.8 Å². The number of carbonyl (C=O) groups is 1. The van der Waals surface area contributed by atoms with Crippen LogP contribution >= 0.6 is 11.3 Å². The predicted octanol–water partition coefficient (Wildman–Crippen LogP) is 3.59. The first-order valence-corrected chi connectivity index (χ1v) is 8.89. The molecule has 1 aliphatic rings. The molecule has 2 aromatic carbocycles. The molecule has 1 N–H and O–H groups in total. The van der Waals surface area contributed by atoms with Crippen molar-refractivity contribution in [2.24, 2.45) is 0 Å². The van der Waals surface area contributed by atoms with Crippen molar-refractivity contribution < 1.29 is 19.0 Å². The molecule has 3 aromatic rings. The van der Waals surface area contributed by atoms with Crippen molar-refractivity contribution in [2.75, 3.05) is 19.2 Å². The minimum atomic E-state index is -0.287. The molecule has 0 fully saturated rings. The summed E-state index contributed by atoms with van der Waals surface area (Å²) in [6.07, 6.45) is 3.13. The van der Waals surface area contributed by atoms with Gasteiger partial charge >= 0.3 is 0 Å². The molecule has 1 aliphatic heterocycles. The number of methoxy groups -OCH3 is 1. The van der Waals surface area contributed by atoms with Crippen LogP contribution in [0.25, 0.3) is 16.6 Å². The third kappa shape index (κ3) is 3.90. The van der Waals surface area contributed by atoms with Gasteiger partial charge in [0.25, 0.3) is 0 Å². The largest absolute Gasteiger partial charge is 0.497 e. The highest BCUT2D eigenvalue weighted by Crippen LogP contribution is 2.33. The van der Waals surface area contributed by atoms with Crippen molar-refractivity contribution in [3.05, 3.63) is 54.1 Å². The molecule has 0 aliphatic carbocycles. The molecule has 0 saturated carbocycles. The average Bonchev–Trinajstić information content (AvgIpc) is 3.35. The molecule has 1 amide bonds. The van der Waals surface area contributed by atoms with E-state index in [9.17, 15) is 4.79 Å². The van der Waals surface area contributed by atoms with Gasteiger partial charge in [-0.05, 0) is 48.0 Å². The molecular formula is C19H15N3O4S. The Hall–Kier alpha value is -3.39. The summed E-state index contributed by atoms with van der Waals surface area (Å²) in [4.78, 5) is 12.1. The lowest BCUT2D eigenvalue weighted by Gasteiger charge is -1.99. The number of ether oxygens (including phenoxy) is 3. The van der Waals surface area contributed by atoms with Crippen molar-refractivity contribution in [2.45, 2.75) is 0 Å². The molecule has 0 bridgehead atoms. The standard InChI is InChI=1S/C19H15N3O4S/c1-24-14-6-4-13(5-7-14)18-21-22-19(27-18)20-17(23)9-3-12-2-8-15-16(10-12)26-11-25-15/h2-10H,11H2,1H3,(H,20,22,23). The zero-order valence-electron chi connectivity index (χ0n) is 14.3. The maximum absolute atomic E-state index is 12.1. The van der Waals surface area contributed by atoms with Crippen molar-refractivity contribution in [1.82, 2.24) is 10.2 Å². The Morgan fingerprint density at radius 2 is 1.96 bits per heavy atom. The number of anilines is 1. The summed E-state index contributed by atoms with van der Waals surface area (Å²) in [6.45, 7) is 0.219. The number of amides is 1. The van der Waals surface area contributed by atoms with Crippen LogP contribution in [0.4, 0.5) is 5.13 Å². The van der Waals surface area contributed by atoms with Gasteiger partial charge in [0.05, 0.1) is 7.11 Å². The lowest BCUT2D eigenvalue weighted by atomic mass is 10.2. The van der Waals surface area contributed by atoms with Crippen LogP contribution in [0, 0.1) is 0 Å². The Labute approximate surface area is 159 Å². The molecular weight excluding hydrogens is 366 g/mol. The van der Waals surface area contributed by atoms with Crippen molar-refractivity contribution in [3.8, 4) is 27.8 Å². The Morgan fingerprint density at radius 1 is 1.15 bits per heavy atom. The fraction of sp³-hybridized carbons (Fsp3) is 0.105. The number of carbonyl (C=O) groups excluding carboxylic acids is 1. The van der Waals surface area contributed by atoms with Crippen LogP contribution in [-0.2, 0) is 4.79 Å². The molecule has 7 nitrogen and oxygen atoms in total. The van der Waals surface area contributed by atoms with Gasteiger partial charge < -0.3 is 14.2 Å². The molecule has 0 unspecified atom stereocenters. The number of fused-ring (bicyclic) bond motifs is 1. The molecule has 4 rings (SSSR count). The topological polar surface area (TPSA) is 82.6 Å². The lowest BCUT2D eigenvalue weighted by Crippen LogP contribution is -2.07. The summed E-state index contributed by atoms with van der Waals surface area (Å²) in [5.74, 6) is 1.86. The van der Waals surface area contributed by atoms with E-state index in [4.69, 9.17) is 14.2 Å². The SMILES string of the molecule is COc1ccc(-c2nnc(NC(=O)C=Cc3ccc4c(c3)OCO4)s2)cc1. The Balaban J connectivity index is 1.40. The molecule has 1 aromatic heterocycles. The van der Waals surface area contributed by atoms with E-state index in [1.54, 1.807) is 13.2 Å². The second-order valence-electron chi connectivity index (χ2n) is 5.58. The average molecular weight is 381 g/mol. The van der Waals surface area contributed by atoms with Gasteiger partial charge in [-0.3, -0.25) is 10.1 Å². The molecule has 2 heterocycles. The van der Waals surface area contributed by atoms with Gasteiger partial charge in [-0.1, -0.05) is 17.4 Å². The minimum absolute atomic E-state index is 0.219. The first-order valence-electron chi connectivity index (χ1n) is 8.08. The maximum atomic E-state index is 12.1. The Kier molecular flexibility index (Phi) is 4.71. The predicted molar refractivity (Wildman–Crippen MR) is 102 cm³/mol. The van der Waals surface area contributed by atoms with Crippen LogP contribution in [0.5, 0.6) is 17.2 Å². The third-order valence-corrected chi connectivity index (χ3v) is 4.70. The smallest absolute Gasteiger partial charge is 0.250 e. The quantitative estimate of drug-likeness (QED) is 0.680. The highest BCUT2D eigenvalue weighted by Gasteiger charge is 2.12. The van der Waals surface area contributed by atoms with E-state index in [2.05, 4.69) is 15.5 Å². The number of nitrogens with one attached hydrogen (secondary N) is 1. The molecule has 0 saturated heterocycles. The Morgan fingerprint density at radius 3 is 2.78 bits per heavy atom. The minimum Gasteiger partial charge on any atom is -0.497 e. The first-order chi connectivity index (χ1) is 13.2. The van der Waals surface area contributed by atoms with Crippen LogP contribution in [0.1, 0.15) is 5.56 Å². The van der Waals surface area contributed by atoms with E-state index < -0.39 is 0 Å². The van der Waals surface area contributed by atoms with Gasteiger partial charge in [-0.25, -0.2) is 0 Å². The van der Waals surface area contributed by atoms with Gasteiger partial charge in [0, 0.05) is 11.6 Å². The molecule has 0 spiro atoms. The highest BCUT2D eigenvalue weighted by atomic mass is 32.1. The van der Waals surface area contributed by atoms with Crippen LogP contribution < -0.4 is 19.5 Å². The molecule has 8 heteroatoms.